The monoisotopic (exact) mass is 375 g/mol. The van der Waals surface area contributed by atoms with Crippen molar-refractivity contribution in [2.24, 2.45) is 0 Å². The molecule has 3 nitrogen and oxygen atoms in total. The van der Waals surface area contributed by atoms with Gasteiger partial charge in [0.05, 0.1) is 6.54 Å². The number of benzene rings is 2. The molecule has 122 valence electrons. The summed E-state index contributed by atoms with van der Waals surface area (Å²) in [5.74, 6) is 0. The van der Waals surface area contributed by atoms with E-state index in [2.05, 4.69) is 15.9 Å². The van der Waals surface area contributed by atoms with E-state index in [1.165, 1.54) is 0 Å². The van der Waals surface area contributed by atoms with Gasteiger partial charge >= 0.3 is 6.09 Å². The van der Waals surface area contributed by atoms with Crippen LogP contribution in [-0.2, 0) is 17.9 Å². The molecule has 23 heavy (non-hydrogen) atoms. The molecule has 0 aliphatic carbocycles. The molecular formula is C19H22BrNO2. The lowest BCUT2D eigenvalue weighted by atomic mass is 10.1. The van der Waals surface area contributed by atoms with E-state index in [0.29, 0.717) is 6.54 Å². The minimum Gasteiger partial charge on any atom is -0.445 e. The highest BCUT2D eigenvalue weighted by Gasteiger charge is 2.28. The number of amides is 1. The van der Waals surface area contributed by atoms with E-state index in [4.69, 9.17) is 4.74 Å². The molecular weight excluding hydrogens is 354 g/mol. The van der Waals surface area contributed by atoms with Crippen LogP contribution in [0.25, 0.3) is 0 Å². The minimum atomic E-state index is -0.330. The van der Waals surface area contributed by atoms with Gasteiger partial charge in [0.25, 0.3) is 0 Å². The van der Waals surface area contributed by atoms with E-state index >= 15 is 0 Å². The smallest absolute Gasteiger partial charge is 0.410 e. The van der Waals surface area contributed by atoms with Gasteiger partial charge in [-0.15, -0.1) is 0 Å². The maximum atomic E-state index is 12.6. The molecule has 0 atom stereocenters. The standard InChI is InChI=1S/C19H22BrNO2/c1-19(2,3)21(13-16-11-7-8-12-17(16)20)18(22)23-14-15-9-5-4-6-10-15/h4-12H,13-14H2,1-3H3. The Morgan fingerprint density at radius 3 is 2.26 bits per heavy atom. The molecule has 0 aliphatic rings. The number of hydrogen-bond acceptors (Lipinski definition) is 2. The quantitative estimate of drug-likeness (QED) is 0.716. The molecule has 2 aromatic carbocycles. The van der Waals surface area contributed by atoms with Crippen LogP contribution in [0.4, 0.5) is 4.79 Å². The average Bonchev–Trinajstić information content (AvgIpc) is 2.51. The van der Waals surface area contributed by atoms with Crippen molar-refractivity contribution in [2.75, 3.05) is 0 Å². The first kappa shape index (κ1) is 17.5. The van der Waals surface area contributed by atoms with Gasteiger partial charge in [-0.3, -0.25) is 4.90 Å². The molecule has 4 heteroatoms. The van der Waals surface area contributed by atoms with E-state index in [1.54, 1.807) is 4.90 Å². The van der Waals surface area contributed by atoms with E-state index in [9.17, 15) is 4.79 Å². The SMILES string of the molecule is CC(C)(C)N(Cc1ccccc1Br)C(=O)OCc1ccccc1. The predicted molar refractivity (Wildman–Crippen MR) is 96.1 cm³/mol. The fraction of sp³-hybridized carbons (Fsp3) is 0.316. The number of rotatable bonds is 4. The summed E-state index contributed by atoms with van der Waals surface area (Å²) in [6.07, 6.45) is -0.308. The van der Waals surface area contributed by atoms with E-state index in [-0.39, 0.29) is 18.2 Å². The fourth-order valence-electron chi connectivity index (χ4n) is 2.17. The van der Waals surface area contributed by atoms with Crippen molar-refractivity contribution in [1.29, 1.82) is 0 Å². The summed E-state index contributed by atoms with van der Waals surface area (Å²) >= 11 is 3.54. The highest BCUT2D eigenvalue weighted by atomic mass is 79.9. The lowest BCUT2D eigenvalue weighted by molar-refractivity contribution is 0.0587. The van der Waals surface area contributed by atoms with E-state index in [1.807, 2.05) is 75.4 Å². The molecule has 0 fully saturated rings. The molecule has 2 rings (SSSR count). The van der Waals surface area contributed by atoms with Crippen molar-refractivity contribution >= 4 is 22.0 Å². The Balaban J connectivity index is 2.09. The number of ether oxygens (including phenoxy) is 1. The van der Waals surface area contributed by atoms with Crippen LogP contribution >= 0.6 is 15.9 Å². The zero-order valence-corrected chi connectivity index (χ0v) is 15.3. The molecule has 0 aromatic heterocycles. The lowest BCUT2D eigenvalue weighted by Gasteiger charge is -2.35. The van der Waals surface area contributed by atoms with Crippen molar-refractivity contribution in [3.05, 3.63) is 70.2 Å². The number of nitrogens with zero attached hydrogens (tertiary/aromatic N) is 1. The minimum absolute atomic E-state index is 0.280. The van der Waals surface area contributed by atoms with Gasteiger partial charge in [0.2, 0.25) is 0 Å². The van der Waals surface area contributed by atoms with Gasteiger partial charge in [-0.05, 0) is 38.0 Å². The highest BCUT2D eigenvalue weighted by Crippen LogP contribution is 2.23. The Morgan fingerprint density at radius 1 is 1.04 bits per heavy atom. The summed E-state index contributed by atoms with van der Waals surface area (Å²) in [5.41, 5.74) is 1.71. The molecule has 0 N–H and O–H groups in total. The number of halogens is 1. The predicted octanol–water partition coefficient (Wildman–Crippen LogP) is 5.39. The zero-order valence-electron chi connectivity index (χ0n) is 13.8. The van der Waals surface area contributed by atoms with Crippen molar-refractivity contribution < 1.29 is 9.53 Å². The first-order chi connectivity index (χ1) is 10.9. The highest BCUT2D eigenvalue weighted by molar-refractivity contribution is 9.10. The Hall–Kier alpha value is -1.81. The third kappa shape index (κ3) is 5.10. The topological polar surface area (TPSA) is 29.5 Å². The van der Waals surface area contributed by atoms with Gasteiger partial charge in [0, 0.05) is 10.0 Å². The van der Waals surface area contributed by atoms with Crippen molar-refractivity contribution in [3.63, 3.8) is 0 Å². The lowest BCUT2D eigenvalue weighted by Crippen LogP contribution is -2.45. The van der Waals surface area contributed by atoms with Crippen LogP contribution in [0.3, 0.4) is 0 Å². The van der Waals surface area contributed by atoms with Gasteiger partial charge in [-0.2, -0.15) is 0 Å². The molecule has 2 aromatic rings. The number of carbonyl (C=O) groups is 1. The van der Waals surface area contributed by atoms with Gasteiger partial charge in [-0.25, -0.2) is 4.79 Å². The fourth-order valence-corrected chi connectivity index (χ4v) is 2.58. The largest absolute Gasteiger partial charge is 0.445 e. The Bertz CT molecular complexity index is 650. The first-order valence-electron chi connectivity index (χ1n) is 7.59. The molecule has 0 aliphatic heterocycles. The zero-order chi connectivity index (χ0) is 16.9. The van der Waals surface area contributed by atoms with Crippen molar-refractivity contribution in [2.45, 2.75) is 39.5 Å². The average molecular weight is 376 g/mol. The summed E-state index contributed by atoms with van der Waals surface area (Å²) in [4.78, 5) is 14.3. The van der Waals surface area contributed by atoms with Crippen LogP contribution in [0.2, 0.25) is 0 Å². The van der Waals surface area contributed by atoms with Gasteiger partial charge < -0.3 is 4.74 Å². The third-order valence-corrected chi connectivity index (χ3v) is 4.30. The van der Waals surface area contributed by atoms with Crippen LogP contribution in [0.5, 0.6) is 0 Å². The van der Waals surface area contributed by atoms with Gasteiger partial charge in [0.1, 0.15) is 6.61 Å². The normalized spacial score (nSPS) is 11.1. The molecule has 0 radical (unpaired) electrons. The molecule has 0 bridgehead atoms. The summed E-state index contributed by atoms with van der Waals surface area (Å²) in [7, 11) is 0. The maximum absolute atomic E-state index is 12.6. The van der Waals surface area contributed by atoms with E-state index in [0.717, 1.165) is 15.6 Å². The first-order valence-corrected chi connectivity index (χ1v) is 8.39. The maximum Gasteiger partial charge on any atom is 0.410 e. The van der Waals surface area contributed by atoms with Crippen LogP contribution < -0.4 is 0 Å². The Morgan fingerprint density at radius 2 is 1.65 bits per heavy atom. The van der Waals surface area contributed by atoms with Crippen LogP contribution in [0.15, 0.2) is 59.1 Å². The van der Waals surface area contributed by atoms with Crippen molar-refractivity contribution in [1.82, 2.24) is 4.90 Å². The second kappa shape index (κ2) is 7.64. The van der Waals surface area contributed by atoms with Gasteiger partial charge in [-0.1, -0.05) is 64.5 Å². The summed E-state index contributed by atoms with van der Waals surface area (Å²) in [5, 5.41) is 0. The van der Waals surface area contributed by atoms with Crippen LogP contribution in [0, 0.1) is 0 Å². The Kier molecular flexibility index (Phi) is 5.83. The van der Waals surface area contributed by atoms with Crippen LogP contribution in [-0.4, -0.2) is 16.5 Å². The molecule has 0 spiro atoms. The number of carbonyl (C=O) groups excluding carboxylic acids is 1. The third-order valence-electron chi connectivity index (χ3n) is 3.52. The Labute approximate surface area is 146 Å². The number of hydrogen-bond donors (Lipinski definition) is 0. The summed E-state index contributed by atoms with van der Waals surface area (Å²) in [6.45, 7) is 6.80. The van der Waals surface area contributed by atoms with Crippen LogP contribution in [0.1, 0.15) is 31.9 Å². The summed E-state index contributed by atoms with van der Waals surface area (Å²) in [6, 6.07) is 17.6. The second-order valence-corrected chi connectivity index (χ2v) is 7.24. The second-order valence-electron chi connectivity index (χ2n) is 6.39. The molecule has 0 saturated heterocycles. The van der Waals surface area contributed by atoms with Crippen molar-refractivity contribution in [3.8, 4) is 0 Å². The van der Waals surface area contributed by atoms with E-state index < -0.39 is 0 Å². The molecule has 0 heterocycles. The van der Waals surface area contributed by atoms with Gasteiger partial charge in [0.15, 0.2) is 0 Å². The molecule has 0 unspecified atom stereocenters. The molecule has 0 saturated carbocycles. The summed E-state index contributed by atoms with van der Waals surface area (Å²) < 4.78 is 6.49. The molecule has 1 amide bonds.